The van der Waals surface area contributed by atoms with E-state index >= 15 is 0 Å². The summed E-state index contributed by atoms with van der Waals surface area (Å²) in [4.78, 5) is 24.6. The van der Waals surface area contributed by atoms with Crippen molar-refractivity contribution in [3.63, 3.8) is 0 Å². The minimum Gasteiger partial charge on any atom is -0.440 e. The Hall–Kier alpha value is -4.19. The average Bonchev–Trinajstić information content (AvgIpc) is 3.57. The molecule has 35 heavy (non-hydrogen) atoms. The molecule has 0 spiro atoms. The zero-order valence-corrected chi connectivity index (χ0v) is 19.5. The van der Waals surface area contributed by atoms with Crippen LogP contribution >= 0.6 is 0 Å². The maximum atomic E-state index is 13.5. The number of piperidine rings is 1. The SMILES string of the molecule is Cc1ccc(-c2cnc(-c3ccccc3C(=O)N3CCC(c4nc5ccccc5o4)CC3)o2)cc1. The third kappa shape index (κ3) is 4.12. The number of nitrogens with zero attached hydrogens (tertiary/aromatic N) is 3. The summed E-state index contributed by atoms with van der Waals surface area (Å²) in [6.07, 6.45) is 3.35. The van der Waals surface area contributed by atoms with Gasteiger partial charge >= 0.3 is 0 Å². The van der Waals surface area contributed by atoms with Crippen molar-refractivity contribution in [2.24, 2.45) is 0 Å². The van der Waals surface area contributed by atoms with E-state index in [1.54, 1.807) is 6.20 Å². The van der Waals surface area contributed by atoms with Gasteiger partial charge in [0.15, 0.2) is 17.2 Å². The van der Waals surface area contributed by atoms with E-state index in [2.05, 4.69) is 9.97 Å². The molecule has 1 aliphatic rings. The first kappa shape index (κ1) is 21.4. The number of fused-ring (bicyclic) bond motifs is 1. The fraction of sp³-hybridized carbons (Fsp3) is 0.207. The summed E-state index contributed by atoms with van der Waals surface area (Å²) in [5, 5.41) is 0. The van der Waals surface area contributed by atoms with Gasteiger partial charge in [0, 0.05) is 30.1 Å². The molecule has 0 bridgehead atoms. The summed E-state index contributed by atoms with van der Waals surface area (Å²) in [6.45, 7) is 3.35. The van der Waals surface area contributed by atoms with Gasteiger partial charge in [-0.1, -0.05) is 54.1 Å². The van der Waals surface area contributed by atoms with Gasteiger partial charge in [0.1, 0.15) is 5.52 Å². The monoisotopic (exact) mass is 463 g/mol. The second-order valence-electron chi connectivity index (χ2n) is 9.03. The van der Waals surface area contributed by atoms with Crippen molar-refractivity contribution in [1.29, 1.82) is 0 Å². The van der Waals surface area contributed by atoms with Crippen molar-refractivity contribution in [3.05, 3.63) is 96.0 Å². The lowest BCUT2D eigenvalue weighted by atomic mass is 9.95. The lowest BCUT2D eigenvalue weighted by Gasteiger charge is -2.31. The number of rotatable bonds is 4. The van der Waals surface area contributed by atoms with Crippen LogP contribution in [0.1, 0.15) is 40.6 Å². The number of amides is 1. The van der Waals surface area contributed by atoms with Crippen molar-refractivity contribution in [3.8, 4) is 22.8 Å². The van der Waals surface area contributed by atoms with Gasteiger partial charge in [0.25, 0.3) is 5.91 Å². The Morgan fingerprint density at radius 2 is 1.66 bits per heavy atom. The summed E-state index contributed by atoms with van der Waals surface area (Å²) in [5.41, 5.74) is 5.14. The average molecular weight is 464 g/mol. The first-order chi connectivity index (χ1) is 17.2. The topological polar surface area (TPSA) is 72.4 Å². The van der Waals surface area contributed by atoms with Crippen LogP contribution in [-0.4, -0.2) is 33.9 Å². The Labute approximate surface area is 203 Å². The molecular formula is C29H25N3O3. The molecule has 0 radical (unpaired) electrons. The van der Waals surface area contributed by atoms with E-state index in [9.17, 15) is 4.79 Å². The van der Waals surface area contributed by atoms with Gasteiger partial charge in [-0.25, -0.2) is 9.97 Å². The van der Waals surface area contributed by atoms with Crippen molar-refractivity contribution in [2.45, 2.75) is 25.7 Å². The number of carbonyl (C=O) groups excluding carboxylic acids is 1. The third-order valence-corrected chi connectivity index (χ3v) is 6.67. The Morgan fingerprint density at radius 3 is 2.46 bits per heavy atom. The number of carbonyl (C=O) groups is 1. The molecule has 1 fully saturated rings. The Bertz CT molecular complexity index is 1460. The molecule has 3 heterocycles. The molecule has 6 rings (SSSR count). The van der Waals surface area contributed by atoms with Crippen molar-refractivity contribution >= 4 is 17.0 Å². The van der Waals surface area contributed by atoms with E-state index < -0.39 is 0 Å². The molecule has 5 aromatic rings. The van der Waals surface area contributed by atoms with Gasteiger partial charge in [-0.2, -0.15) is 0 Å². The second kappa shape index (κ2) is 8.87. The minimum atomic E-state index is -0.00768. The summed E-state index contributed by atoms with van der Waals surface area (Å²) in [7, 11) is 0. The first-order valence-electron chi connectivity index (χ1n) is 11.9. The highest BCUT2D eigenvalue weighted by atomic mass is 16.4. The lowest BCUT2D eigenvalue weighted by Crippen LogP contribution is -2.38. The maximum absolute atomic E-state index is 13.5. The predicted octanol–water partition coefficient (Wildman–Crippen LogP) is 6.48. The van der Waals surface area contributed by atoms with Crippen LogP contribution in [0.2, 0.25) is 0 Å². The molecule has 6 nitrogen and oxygen atoms in total. The molecule has 0 aliphatic carbocycles. The van der Waals surface area contributed by atoms with Crippen LogP contribution < -0.4 is 0 Å². The van der Waals surface area contributed by atoms with Gasteiger partial charge in [0.05, 0.1) is 11.8 Å². The Balaban J connectivity index is 1.20. The van der Waals surface area contributed by atoms with Crippen molar-refractivity contribution < 1.29 is 13.6 Å². The van der Waals surface area contributed by atoms with Crippen LogP contribution in [0.25, 0.3) is 33.9 Å². The van der Waals surface area contributed by atoms with Gasteiger partial charge in [-0.05, 0) is 44.0 Å². The fourth-order valence-corrected chi connectivity index (χ4v) is 4.67. The molecule has 0 unspecified atom stereocenters. The van der Waals surface area contributed by atoms with E-state index in [1.807, 2.05) is 84.6 Å². The number of para-hydroxylation sites is 2. The molecular weight excluding hydrogens is 438 g/mol. The van der Waals surface area contributed by atoms with Crippen LogP contribution in [0.5, 0.6) is 0 Å². The normalized spacial score (nSPS) is 14.5. The maximum Gasteiger partial charge on any atom is 0.254 e. The molecule has 174 valence electrons. The van der Waals surface area contributed by atoms with E-state index in [0.29, 0.717) is 35.9 Å². The highest BCUT2D eigenvalue weighted by Gasteiger charge is 2.29. The third-order valence-electron chi connectivity index (χ3n) is 6.67. The van der Waals surface area contributed by atoms with Crippen LogP contribution in [0.3, 0.4) is 0 Å². The first-order valence-corrected chi connectivity index (χ1v) is 11.9. The number of benzene rings is 3. The van der Waals surface area contributed by atoms with Gasteiger partial charge in [0.2, 0.25) is 5.89 Å². The summed E-state index contributed by atoms with van der Waals surface area (Å²) in [6, 6.07) is 23.4. The van der Waals surface area contributed by atoms with E-state index in [0.717, 1.165) is 35.4 Å². The van der Waals surface area contributed by atoms with E-state index in [1.165, 1.54) is 5.56 Å². The molecule has 0 saturated carbocycles. The molecule has 1 amide bonds. The Kier molecular flexibility index (Phi) is 5.41. The van der Waals surface area contributed by atoms with Gasteiger partial charge in [-0.3, -0.25) is 4.79 Å². The molecule has 3 aromatic carbocycles. The molecule has 1 aliphatic heterocycles. The molecule has 0 atom stereocenters. The zero-order chi connectivity index (χ0) is 23.8. The summed E-state index contributed by atoms with van der Waals surface area (Å²) < 4.78 is 12.0. The number of likely N-dealkylation sites (tertiary alicyclic amines) is 1. The van der Waals surface area contributed by atoms with Crippen LogP contribution in [0.15, 0.2) is 87.8 Å². The number of aryl methyl sites for hydroxylation is 1. The number of hydrogen-bond donors (Lipinski definition) is 0. The molecule has 6 heteroatoms. The number of oxazole rings is 2. The van der Waals surface area contributed by atoms with Crippen molar-refractivity contribution in [2.75, 3.05) is 13.1 Å². The van der Waals surface area contributed by atoms with E-state index in [4.69, 9.17) is 8.83 Å². The number of aromatic nitrogens is 2. The minimum absolute atomic E-state index is 0.00768. The summed E-state index contributed by atoms with van der Waals surface area (Å²) in [5.74, 6) is 2.10. The Morgan fingerprint density at radius 1 is 0.914 bits per heavy atom. The van der Waals surface area contributed by atoms with E-state index in [-0.39, 0.29) is 11.8 Å². The second-order valence-corrected chi connectivity index (χ2v) is 9.03. The van der Waals surface area contributed by atoms with Gasteiger partial charge in [-0.15, -0.1) is 0 Å². The summed E-state index contributed by atoms with van der Waals surface area (Å²) >= 11 is 0. The standard InChI is InChI=1S/C29H25N3O3/c1-19-10-12-20(13-11-19)26-18-30-28(35-26)22-6-2-3-7-23(22)29(33)32-16-14-21(15-17-32)27-31-24-8-4-5-9-25(24)34-27/h2-13,18,21H,14-17H2,1H3. The van der Waals surface area contributed by atoms with Crippen LogP contribution in [0, 0.1) is 6.92 Å². The highest BCUT2D eigenvalue weighted by Crippen LogP contribution is 2.33. The lowest BCUT2D eigenvalue weighted by molar-refractivity contribution is 0.0707. The fourth-order valence-electron chi connectivity index (χ4n) is 4.67. The zero-order valence-electron chi connectivity index (χ0n) is 19.5. The van der Waals surface area contributed by atoms with Crippen molar-refractivity contribution in [1.82, 2.24) is 14.9 Å². The molecule has 0 N–H and O–H groups in total. The van der Waals surface area contributed by atoms with Crippen LogP contribution in [-0.2, 0) is 0 Å². The number of hydrogen-bond acceptors (Lipinski definition) is 5. The molecule has 1 saturated heterocycles. The highest BCUT2D eigenvalue weighted by molar-refractivity contribution is 6.00. The molecule has 2 aromatic heterocycles. The predicted molar refractivity (Wildman–Crippen MR) is 134 cm³/mol. The van der Waals surface area contributed by atoms with Crippen LogP contribution in [0.4, 0.5) is 0 Å². The van der Waals surface area contributed by atoms with Gasteiger partial charge < -0.3 is 13.7 Å². The largest absolute Gasteiger partial charge is 0.440 e. The quantitative estimate of drug-likeness (QED) is 0.305. The smallest absolute Gasteiger partial charge is 0.254 e.